The summed E-state index contributed by atoms with van der Waals surface area (Å²) in [7, 11) is 1.41. The molecule has 0 radical (unpaired) electrons. The maximum absolute atomic E-state index is 11.6. The van der Waals surface area contributed by atoms with Gasteiger partial charge < -0.3 is 15.0 Å². The van der Waals surface area contributed by atoms with Gasteiger partial charge in [-0.1, -0.05) is 0 Å². The van der Waals surface area contributed by atoms with Crippen molar-refractivity contribution < 1.29 is 9.53 Å². The normalized spacial score (nSPS) is 18.8. The van der Waals surface area contributed by atoms with Crippen molar-refractivity contribution >= 4 is 17.7 Å². The zero-order valence-electron chi connectivity index (χ0n) is 12.1. The van der Waals surface area contributed by atoms with E-state index in [9.17, 15) is 4.79 Å². The Labute approximate surface area is 122 Å². The number of fused-ring (bicyclic) bond motifs is 1. The first-order valence-corrected chi connectivity index (χ1v) is 6.94. The highest BCUT2D eigenvalue weighted by Gasteiger charge is 2.24. The molecular formula is C13H18N6O2. The van der Waals surface area contributed by atoms with Crippen molar-refractivity contribution in [3.63, 3.8) is 0 Å². The van der Waals surface area contributed by atoms with Crippen LogP contribution in [0, 0.1) is 6.92 Å². The van der Waals surface area contributed by atoms with Gasteiger partial charge in [-0.15, -0.1) is 0 Å². The van der Waals surface area contributed by atoms with Crippen LogP contribution >= 0.6 is 0 Å². The van der Waals surface area contributed by atoms with Gasteiger partial charge in [-0.3, -0.25) is 0 Å². The topological polar surface area (TPSA) is 84.6 Å². The maximum atomic E-state index is 11.6. The van der Waals surface area contributed by atoms with Crippen LogP contribution in [-0.2, 0) is 4.74 Å². The van der Waals surface area contributed by atoms with Crippen molar-refractivity contribution in [3.8, 4) is 0 Å². The number of amides is 1. The quantitative estimate of drug-likeness (QED) is 0.890. The lowest BCUT2D eigenvalue weighted by Gasteiger charge is -2.32. The Morgan fingerprint density at radius 3 is 3.19 bits per heavy atom. The molecule has 0 bridgehead atoms. The lowest BCUT2D eigenvalue weighted by atomic mass is 10.1. The number of carbonyl (C=O) groups excluding carboxylic acids is 1. The van der Waals surface area contributed by atoms with Crippen molar-refractivity contribution in [1.29, 1.82) is 0 Å². The number of likely N-dealkylation sites (tertiary alicyclic amines) is 1. The van der Waals surface area contributed by atoms with E-state index in [4.69, 9.17) is 4.74 Å². The molecule has 1 fully saturated rings. The van der Waals surface area contributed by atoms with Gasteiger partial charge in [-0.25, -0.2) is 9.78 Å². The Kier molecular flexibility index (Phi) is 3.59. The van der Waals surface area contributed by atoms with Gasteiger partial charge in [-0.2, -0.15) is 14.6 Å². The maximum Gasteiger partial charge on any atom is 0.409 e. The van der Waals surface area contributed by atoms with Gasteiger partial charge in [0.15, 0.2) is 0 Å². The summed E-state index contributed by atoms with van der Waals surface area (Å²) < 4.78 is 6.46. The highest BCUT2D eigenvalue weighted by molar-refractivity contribution is 5.67. The van der Waals surface area contributed by atoms with Gasteiger partial charge in [0.2, 0.25) is 0 Å². The molecule has 0 saturated carbocycles. The summed E-state index contributed by atoms with van der Waals surface area (Å²) >= 11 is 0. The fourth-order valence-electron chi connectivity index (χ4n) is 2.63. The number of aryl methyl sites for hydroxylation is 1. The lowest BCUT2D eigenvalue weighted by Crippen LogP contribution is -2.45. The van der Waals surface area contributed by atoms with E-state index >= 15 is 0 Å². The van der Waals surface area contributed by atoms with Crippen molar-refractivity contribution in [2.75, 3.05) is 25.5 Å². The van der Waals surface area contributed by atoms with Crippen molar-refractivity contribution in [3.05, 3.63) is 18.1 Å². The van der Waals surface area contributed by atoms with E-state index in [-0.39, 0.29) is 12.1 Å². The highest BCUT2D eigenvalue weighted by atomic mass is 16.5. The van der Waals surface area contributed by atoms with E-state index < -0.39 is 0 Å². The molecule has 8 nitrogen and oxygen atoms in total. The fraction of sp³-hybridized carbons (Fsp3) is 0.538. The van der Waals surface area contributed by atoms with Crippen LogP contribution < -0.4 is 5.32 Å². The molecule has 0 aromatic carbocycles. The van der Waals surface area contributed by atoms with Gasteiger partial charge in [0.25, 0.3) is 5.78 Å². The molecule has 2 aromatic heterocycles. The monoisotopic (exact) mass is 290 g/mol. The number of carbonyl (C=O) groups is 1. The van der Waals surface area contributed by atoms with E-state index in [0.29, 0.717) is 12.3 Å². The van der Waals surface area contributed by atoms with Crippen LogP contribution in [0.1, 0.15) is 18.5 Å². The molecule has 1 aliphatic heterocycles. The summed E-state index contributed by atoms with van der Waals surface area (Å²) in [6.45, 7) is 3.27. The van der Waals surface area contributed by atoms with Crippen LogP contribution in [0.25, 0.3) is 5.78 Å². The van der Waals surface area contributed by atoms with Gasteiger partial charge in [-0.05, 0) is 19.8 Å². The van der Waals surface area contributed by atoms with Gasteiger partial charge in [0, 0.05) is 30.9 Å². The molecule has 1 saturated heterocycles. The molecule has 8 heteroatoms. The molecule has 0 spiro atoms. The molecule has 2 aromatic rings. The predicted molar refractivity (Wildman–Crippen MR) is 76.1 cm³/mol. The third-order valence-corrected chi connectivity index (χ3v) is 3.59. The Hall–Kier alpha value is -2.38. The predicted octanol–water partition coefficient (Wildman–Crippen LogP) is 1.08. The molecule has 1 atom stereocenters. The van der Waals surface area contributed by atoms with Crippen molar-refractivity contribution in [1.82, 2.24) is 24.5 Å². The minimum atomic E-state index is -0.279. The van der Waals surface area contributed by atoms with Crippen LogP contribution in [0.5, 0.6) is 0 Å². The number of aromatic nitrogens is 4. The van der Waals surface area contributed by atoms with E-state index in [1.54, 1.807) is 9.42 Å². The second-order valence-electron chi connectivity index (χ2n) is 5.15. The zero-order valence-corrected chi connectivity index (χ0v) is 12.1. The average molecular weight is 290 g/mol. The van der Waals surface area contributed by atoms with Crippen LogP contribution in [0.3, 0.4) is 0 Å². The van der Waals surface area contributed by atoms with Crippen molar-refractivity contribution in [2.45, 2.75) is 25.8 Å². The number of nitrogens with one attached hydrogen (secondary N) is 1. The first-order chi connectivity index (χ1) is 10.2. The molecule has 112 valence electrons. The van der Waals surface area contributed by atoms with Gasteiger partial charge in [0.1, 0.15) is 12.1 Å². The molecule has 1 aliphatic rings. The molecule has 21 heavy (non-hydrogen) atoms. The van der Waals surface area contributed by atoms with E-state index in [1.807, 2.05) is 13.0 Å². The second kappa shape index (κ2) is 5.55. The van der Waals surface area contributed by atoms with Gasteiger partial charge >= 0.3 is 6.09 Å². The number of piperidine rings is 1. The lowest BCUT2D eigenvalue weighted by molar-refractivity contribution is 0.113. The third-order valence-electron chi connectivity index (χ3n) is 3.59. The van der Waals surface area contributed by atoms with E-state index in [0.717, 1.165) is 30.9 Å². The molecule has 3 rings (SSSR count). The van der Waals surface area contributed by atoms with Crippen LogP contribution in [0.2, 0.25) is 0 Å². The third kappa shape index (κ3) is 2.74. The molecule has 3 heterocycles. The van der Waals surface area contributed by atoms with Gasteiger partial charge in [0.05, 0.1) is 7.11 Å². The Morgan fingerprint density at radius 2 is 2.38 bits per heavy atom. The summed E-state index contributed by atoms with van der Waals surface area (Å²) in [4.78, 5) is 21.8. The second-order valence-corrected chi connectivity index (χ2v) is 5.15. The highest BCUT2D eigenvalue weighted by Crippen LogP contribution is 2.17. The minimum Gasteiger partial charge on any atom is -0.453 e. The van der Waals surface area contributed by atoms with Crippen molar-refractivity contribution in [2.24, 2.45) is 0 Å². The number of hydrogen-bond donors (Lipinski definition) is 1. The van der Waals surface area contributed by atoms with Crippen LogP contribution in [0.15, 0.2) is 12.4 Å². The molecule has 1 N–H and O–H groups in total. The first kappa shape index (κ1) is 13.6. The number of rotatable bonds is 2. The van der Waals surface area contributed by atoms with E-state index in [2.05, 4.69) is 20.4 Å². The minimum absolute atomic E-state index is 0.159. The summed E-state index contributed by atoms with van der Waals surface area (Å²) in [6.07, 6.45) is 3.13. The molecule has 1 unspecified atom stereocenters. The fourth-order valence-corrected chi connectivity index (χ4v) is 2.63. The van der Waals surface area contributed by atoms with E-state index in [1.165, 1.54) is 13.4 Å². The number of ether oxygens (including phenoxy) is 1. The number of nitrogens with zero attached hydrogens (tertiary/aromatic N) is 5. The largest absolute Gasteiger partial charge is 0.453 e. The summed E-state index contributed by atoms with van der Waals surface area (Å²) in [6, 6.07) is 2.09. The first-order valence-electron chi connectivity index (χ1n) is 6.94. The average Bonchev–Trinajstić information content (AvgIpc) is 2.95. The standard InChI is InChI=1S/C13H18N6O2/c1-9-6-11(19-12(16-9)14-8-15-19)17-10-4-3-5-18(7-10)13(20)21-2/h6,8,10,17H,3-5,7H2,1-2H3. The summed E-state index contributed by atoms with van der Waals surface area (Å²) in [5.74, 6) is 1.41. The number of anilines is 1. The Morgan fingerprint density at radius 1 is 1.52 bits per heavy atom. The Balaban J connectivity index is 1.78. The summed E-state index contributed by atoms with van der Waals surface area (Å²) in [5, 5.41) is 7.60. The summed E-state index contributed by atoms with van der Waals surface area (Å²) in [5.41, 5.74) is 0.874. The zero-order chi connectivity index (χ0) is 14.8. The Bertz CT molecular complexity index is 655. The van der Waals surface area contributed by atoms with Crippen LogP contribution in [0.4, 0.5) is 10.6 Å². The SMILES string of the molecule is COC(=O)N1CCCC(Nc2cc(C)nc3ncnn23)C1. The molecular weight excluding hydrogens is 272 g/mol. The molecule has 0 aliphatic carbocycles. The van der Waals surface area contributed by atoms with Crippen LogP contribution in [-0.4, -0.2) is 56.8 Å². The smallest absolute Gasteiger partial charge is 0.409 e. The number of hydrogen-bond acceptors (Lipinski definition) is 6. The number of methoxy groups -OCH3 is 1. The molecule has 1 amide bonds.